The van der Waals surface area contributed by atoms with Crippen LogP contribution in [0.2, 0.25) is 5.15 Å². The Bertz CT molecular complexity index is 402. The van der Waals surface area contributed by atoms with Crippen molar-refractivity contribution in [3.05, 3.63) is 11.5 Å². The fraction of sp³-hybridized carbons (Fsp3) is 0.667. The Morgan fingerprint density at radius 1 is 1.56 bits per heavy atom. The topological polar surface area (TPSA) is 50.3 Å². The van der Waals surface area contributed by atoms with Crippen LogP contribution in [0, 0.1) is 5.92 Å². The third-order valence-corrected chi connectivity index (χ3v) is 3.51. The number of aromatic nitrogens is 2. The molecule has 1 unspecified atom stereocenters. The van der Waals surface area contributed by atoms with Crippen LogP contribution in [-0.2, 0) is 0 Å². The lowest BCUT2D eigenvalue weighted by Crippen LogP contribution is -2.35. The zero-order valence-corrected chi connectivity index (χ0v) is 11.6. The lowest BCUT2D eigenvalue weighted by Gasteiger charge is -2.29. The molecule has 1 fully saturated rings. The second kappa shape index (κ2) is 6.20. The van der Waals surface area contributed by atoms with E-state index in [1.54, 1.807) is 7.11 Å². The number of anilines is 1. The quantitative estimate of drug-likeness (QED) is 0.847. The van der Waals surface area contributed by atoms with Crippen LogP contribution in [0.1, 0.15) is 12.8 Å². The highest BCUT2D eigenvalue weighted by Crippen LogP contribution is 2.28. The van der Waals surface area contributed by atoms with Gasteiger partial charge in [-0.25, -0.2) is 9.97 Å². The fourth-order valence-corrected chi connectivity index (χ4v) is 2.55. The van der Waals surface area contributed by atoms with Crippen LogP contribution in [0.4, 0.5) is 5.82 Å². The van der Waals surface area contributed by atoms with Gasteiger partial charge in [0, 0.05) is 13.1 Å². The standard InChI is InChI=1S/C12H19ClN4O/c1-17-5-3-4-9(7-17)6-14-12-10(18-2)11(13)15-8-16-12/h8-9H,3-7H2,1-2H3,(H,14,15,16). The summed E-state index contributed by atoms with van der Waals surface area (Å²) in [6.45, 7) is 3.20. The molecule has 18 heavy (non-hydrogen) atoms. The number of nitrogens with one attached hydrogen (secondary N) is 1. The minimum atomic E-state index is 0.343. The van der Waals surface area contributed by atoms with Crippen molar-refractivity contribution in [3.63, 3.8) is 0 Å². The summed E-state index contributed by atoms with van der Waals surface area (Å²) in [7, 11) is 3.73. The van der Waals surface area contributed by atoms with Crippen LogP contribution in [0.15, 0.2) is 6.33 Å². The molecule has 5 nitrogen and oxygen atoms in total. The number of methoxy groups -OCH3 is 1. The molecule has 0 bridgehead atoms. The molecule has 2 rings (SSSR count). The summed E-state index contributed by atoms with van der Waals surface area (Å²) < 4.78 is 5.21. The maximum absolute atomic E-state index is 5.95. The molecular weight excluding hydrogens is 252 g/mol. The molecule has 1 saturated heterocycles. The molecule has 1 aromatic heterocycles. The van der Waals surface area contributed by atoms with Crippen LogP contribution < -0.4 is 10.1 Å². The van der Waals surface area contributed by atoms with E-state index in [-0.39, 0.29) is 0 Å². The van der Waals surface area contributed by atoms with Gasteiger partial charge in [-0.3, -0.25) is 0 Å². The maximum Gasteiger partial charge on any atom is 0.198 e. The van der Waals surface area contributed by atoms with E-state index in [9.17, 15) is 0 Å². The minimum Gasteiger partial charge on any atom is -0.490 e. The van der Waals surface area contributed by atoms with Gasteiger partial charge in [-0.2, -0.15) is 0 Å². The first-order valence-corrected chi connectivity index (χ1v) is 6.55. The summed E-state index contributed by atoms with van der Waals surface area (Å²) in [6.07, 6.45) is 3.95. The monoisotopic (exact) mass is 270 g/mol. The Hall–Kier alpha value is -1.07. The van der Waals surface area contributed by atoms with E-state index >= 15 is 0 Å². The summed E-state index contributed by atoms with van der Waals surface area (Å²) >= 11 is 5.95. The van der Waals surface area contributed by atoms with Crippen LogP contribution in [-0.4, -0.2) is 48.7 Å². The number of piperidine rings is 1. The van der Waals surface area contributed by atoms with Gasteiger partial charge in [-0.05, 0) is 32.4 Å². The summed E-state index contributed by atoms with van der Waals surface area (Å²) in [5, 5.41) is 3.65. The van der Waals surface area contributed by atoms with Gasteiger partial charge in [0.05, 0.1) is 7.11 Å². The Labute approximate surface area is 113 Å². The summed E-state index contributed by atoms with van der Waals surface area (Å²) in [5.41, 5.74) is 0. The first kappa shape index (κ1) is 13.4. The van der Waals surface area contributed by atoms with E-state index in [0.717, 1.165) is 13.1 Å². The van der Waals surface area contributed by atoms with Gasteiger partial charge in [0.25, 0.3) is 0 Å². The smallest absolute Gasteiger partial charge is 0.198 e. The van der Waals surface area contributed by atoms with Gasteiger partial charge in [0.15, 0.2) is 16.7 Å². The number of ether oxygens (including phenoxy) is 1. The Morgan fingerprint density at radius 3 is 3.11 bits per heavy atom. The van der Waals surface area contributed by atoms with E-state index in [4.69, 9.17) is 16.3 Å². The van der Waals surface area contributed by atoms with Crippen molar-refractivity contribution in [1.29, 1.82) is 0 Å². The van der Waals surface area contributed by atoms with Crippen molar-refractivity contribution in [2.24, 2.45) is 5.92 Å². The molecule has 0 radical (unpaired) electrons. The van der Waals surface area contributed by atoms with Crippen molar-refractivity contribution in [1.82, 2.24) is 14.9 Å². The van der Waals surface area contributed by atoms with Crippen molar-refractivity contribution in [2.45, 2.75) is 12.8 Å². The molecule has 1 aliphatic heterocycles. The Kier molecular flexibility index (Phi) is 4.60. The lowest BCUT2D eigenvalue weighted by atomic mass is 9.98. The molecule has 6 heteroatoms. The van der Waals surface area contributed by atoms with E-state index in [2.05, 4.69) is 27.2 Å². The second-order valence-corrected chi connectivity index (χ2v) is 5.06. The zero-order valence-electron chi connectivity index (χ0n) is 10.8. The molecule has 1 atom stereocenters. The first-order valence-electron chi connectivity index (χ1n) is 6.17. The van der Waals surface area contributed by atoms with Gasteiger partial charge in [-0.1, -0.05) is 11.6 Å². The first-order chi connectivity index (χ1) is 8.70. The maximum atomic E-state index is 5.95. The molecule has 0 amide bonds. The third kappa shape index (κ3) is 3.23. The van der Waals surface area contributed by atoms with Gasteiger partial charge in [0.1, 0.15) is 6.33 Å². The van der Waals surface area contributed by atoms with Crippen LogP contribution in [0.3, 0.4) is 0 Å². The molecule has 0 aliphatic carbocycles. The van der Waals surface area contributed by atoms with Gasteiger partial charge in [-0.15, -0.1) is 0 Å². The fourth-order valence-electron chi connectivity index (χ4n) is 2.34. The zero-order chi connectivity index (χ0) is 13.0. The number of rotatable bonds is 4. The number of nitrogens with zero attached hydrogens (tertiary/aromatic N) is 3. The van der Waals surface area contributed by atoms with E-state index in [1.165, 1.54) is 25.7 Å². The van der Waals surface area contributed by atoms with Crippen LogP contribution in [0.25, 0.3) is 0 Å². The molecule has 0 saturated carbocycles. The Balaban J connectivity index is 1.95. The minimum absolute atomic E-state index is 0.343. The van der Waals surface area contributed by atoms with E-state index in [1.807, 2.05) is 0 Å². The molecule has 1 N–H and O–H groups in total. The molecule has 1 aromatic rings. The second-order valence-electron chi connectivity index (χ2n) is 4.70. The predicted molar refractivity (Wildman–Crippen MR) is 72.3 cm³/mol. The number of halogens is 1. The van der Waals surface area contributed by atoms with Crippen molar-refractivity contribution >= 4 is 17.4 Å². The van der Waals surface area contributed by atoms with Gasteiger partial charge >= 0.3 is 0 Å². The average Bonchev–Trinajstić information content (AvgIpc) is 2.36. The van der Waals surface area contributed by atoms with Gasteiger partial charge < -0.3 is 15.0 Å². The highest BCUT2D eigenvalue weighted by atomic mass is 35.5. The molecule has 2 heterocycles. The van der Waals surface area contributed by atoms with Gasteiger partial charge in [0.2, 0.25) is 0 Å². The third-order valence-electron chi connectivity index (χ3n) is 3.24. The van der Waals surface area contributed by atoms with Crippen LogP contribution >= 0.6 is 11.6 Å². The van der Waals surface area contributed by atoms with Crippen LogP contribution in [0.5, 0.6) is 5.75 Å². The van der Waals surface area contributed by atoms with Crippen molar-refractivity contribution < 1.29 is 4.74 Å². The summed E-state index contributed by atoms with van der Waals surface area (Å²) in [5.74, 6) is 1.83. The highest BCUT2D eigenvalue weighted by Gasteiger charge is 2.18. The average molecular weight is 271 g/mol. The van der Waals surface area contributed by atoms with E-state index in [0.29, 0.717) is 22.6 Å². The van der Waals surface area contributed by atoms with E-state index < -0.39 is 0 Å². The lowest BCUT2D eigenvalue weighted by molar-refractivity contribution is 0.217. The molecule has 0 spiro atoms. The SMILES string of the molecule is COc1c(Cl)ncnc1NCC1CCCN(C)C1. The molecule has 1 aliphatic rings. The number of hydrogen-bond acceptors (Lipinski definition) is 5. The number of hydrogen-bond donors (Lipinski definition) is 1. The molecular formula is C12H19ClN4O. The predicted octanol–water partition coefficient (Wildman–Crippen LogP) is 1.89. The highest BCUT2D eigenvalue weighted by molar-refractivity contribution is 6.31. The Morgan fingerprint density at radius 2 is 2.39 bits per heavy atom. The van der Waals surface area contributed by atoms with Crippen molar-refractivity contribution in [2.75, 3.05) is 39.1 Å². The normalized spacial score (nSPS) is 20.7. The molecule has 0 aromatic carbocycles. The summed E-state index contributed by atoms with van der Waals surface area (Å²) in [6, 6.07) is 0. The molecule has 100 valence electrons. The summed E-state index contributed by atoms with van der Waals surface area (Å²) in [4.78, 5) is 10.4. The van der Waals surface area contributed by atoms with Crippen molar-refractivity contribution in [3.8, 4) is 5.75 Å². The number of likely N-dealkylation sites (tertiary alicyclic amines) is 1. The largest absolute Gasteiger partial charge is 0.490 e.